The summed E-state index contributed by atoms with van der Waals surface area (Å²) in [5, 5.41) is 3.08. The summed E-state index contributed by atoms with van der Waals surface area (Å²) in [4.78, 5) is 28.4. The molecule has 6 heteroatoms. The van der Waals surface area contributed by atoms with Gasteiger partial charge < -0.3 is 9.88 Å². The Labute approximate surface area is 137 Å². The topological polar surface area (TPSA) is 57.6 Å². The van der Waals surface area contributed by atoms with Crippen molar-refractivity contribution in [1.29, 1.82) is 0 Å². The van der Waals surface area contributed by atoms with Crippen LogP contribution in [-0.2, 0) is 18.4 Å². The number of hydrogen-bond donors (Lipinski definition) is 1. The number of aryl methyl sites for hydroxylation is 1. The molecular formula is C17H26N4O2. The number of piperazine rings is 1. The van der Waals surface area contributed by atoms with Gasteiger partial charge >= 0.3 is 0 Å². The van der Waals surface area contributed by atoms with E-state index in [1.165, 1.54) is 0 Å². The molecule has 1 saturated carbocycles. The molecule has 2 fully saturated rings. The smallest absolute Gasteiger partial charge is 0.250 e. The van der Waals surface area contributed by atoms with Gasteiger partial charge in [-0.25, -0.2) is 0 Å². The van der Waals surface area contributed by atoms with Gasteiger partial charge in [-0.2, -0.15) is 0 Å². The van der Waals surface area contributed by atoms with Crippen LogP contribution in [0.4, 0.5) is 0 Å². The molecule has 126 valence electrons. The third-order valence-electron chi connectivity index (χ3n) is 4.83. The molecule has 0 radical (unpaired) electrons. The molecule has 0 unspecified atom stereocenters. The maximum Gasteiger partial charge on any atom is 0.250 e. The molecule has 23 heavy (non-hydrogen) atoms. The van der Waals surface area contributed by atoms with Crippen molar-refractivity contribution in [2.75, 3.05) is 26.2 Å². The van der Waals surface area contributed by atoms with Crippen molar-refractivity contribution >= 4 is 5.91 Å². The van der Waals surface area contributed by atoms with Gasteiger partial charge in [0.15, 0.2) is 0 Å². The van der Waals surface area contributed by atoms with Crippen LogP contribution in [0, 0.1) is 0 Å². The highest BCUT2D eigenvalue weighted by Crippen LogP contribution is 2.19. The molecule has 6 nitrogen and oxygen atoms in total. The van der Waals surface area contributed by atoms with E-state index in [4.69, 9.17) is 0 Å². The Bertz CT molecular complexity index is 615. The van der Waals surface area contributed by atoms with E-state index in [0.717, 1.165) is 51.1 Å². The highest BCUT2D eigenvalue weighted by Gasteiger charge is 2.29. The molecule has 1 aromatic rings. The number of amides is 1. The van der Waals surface area contributed by atoms with Crippen LogP contribution >= 0.6 is 0 Å². The molecule has 2 aliphatic rings. The third-order valence-corrected chi connectivity index (χ3v) is 4.83. The summed E-state index contributed by atoms with van der Waals surface area (Å²) in [5.74, 6) is 0.160. The van der Waals surface area contributed by atoms with E-state index < -0.39 is 0 Å². The summed E-state index contributed by atoms with van der Waals surface area (Å²) in [6.45, 7) is 6.43. The standard InChI is InChI=1S/C17H26N4O2/c1-13(17(23)18-15-3-4-15)21-9-7-20(8-10-21)12-14-5-6-19(2)16(22)11-14/h5-6,11,13,15H,3-4,7-10,12H2,1-2H3,(H,18,23)/t13-/m1/s1. The zero-order chi connectivity index (χ0) is 16.4. The van der Waals surface area contributed by atoms with Gasteiger partial charge in [-0.05, 0) is 31.4 Å². The first-order valence-electron chi connectivity index (χ1n) is 8.45. The van der Waals surface area contributed by atoms with Crippen LogP contribution in [-0.4, -0.2) is 58.5 Å². The van der Waals surface area contributed by atoms with E-state index in [0.29, 0.717) is 6.04 Å². The van der Waals surface area contributed by atoms with Gasteiger partial charge in [0.1, 0.15) is 0 Å². The number of nitrogens with zero attached hydrogens (tertiary/aromatic N) is 3. The van der Waals surface area contributed by atoms with Gasteiger partial charge in [0, 0.05) is 58.1 Å². The zero-order valence-corrected chi connectivity index (χ0v) is 14.0. The molecule has 0 aromatic carbocycles. The first-order chi connectivity index (χ1) is 11.0. The van der Waals surface area contributed by atoms with Gasteiger partial charge in [-0.3, -0.25) is 19.4 Å². The normalized spacial score (nSPS) is 21.1. The van der Waals surface area contributed by atoms with Gasteiger partial charge in [0.25, 0.3) is 5.56 Å². The lowest BCUT2D eigenvalue weighted by Gasteiger charge is -2.37. The van der Waals surface area contributed by atoms with E-state index in [2.05, 4.69) is 15.1 Å². The monoisotopic (exact) mass is 318 g/mol. The van der Waals surface area contributed by atoms with E-state index in [-0.39, 0.29) is 17.5 Å². The van der Waals surface area contributed by atoms with Crippen LogP contribution in [0.5, 0.6) is 0 Å². The quantitative estimate of drug-likeness (QED) is 0.841. The average molecular weight is 318 g/mol. The largest absolute Gasteiger partial charge is 0.352 e. The molecule has 1 N–H and O–H groups in total. The zero-order valence-electron chi connectivity index (χ0n) is 14.0. The number of hydrogen-bond acceptors (Lipinski definition) is 4. The number of nitrogens with one attached hydrogen (secondary N) is 1. The maximum atomic E-state index is 12.1. The lowest BCUT2D eigenvalue weighted by atomic mass is 10.2. The molecule has 1 aliphatic heterocycles. The van der Waals surface area contributed by atoms with E-state index in [1.54, 1.807) is 17.7 Å². The Morgan fingerprint density at radius 2 is 2.00 bits per heavy atom. The van der Waals surface area contributed by atoms with E-state index >= 15 is 0 Å². The van der Waals surface area contributed by atoms with Crippen LogP contribution in [0.2, 0.25) is 0 Å². The minimum absolute atomic E-state index is 0.0338. The SMILES string of the molecule is C[C@H](C(=O)NC1CC1)N1CCN(Cc2ccn(C)c(=O)c2)CC1. The lowest BCUT2D eigenvalue weighted by molar-refractivity contribution is -0.126. The summed E-state index contributed by atoms with van der Waals surface area (Å²) in [7, 11) is 1.76. The average Bonchev–Trinajstić information content (AvgIpc) is 3.35. The Morgan fingerprint density at radius 3 is 2.61 bits per heavy atom. The van der Waals surface area contributed by atoms with Crippen molar-refractivity contribution in [3.05, 3.63) is 34.2 Å². The molecule has 0 spiro atoms. The fourth-order valence-electron chi connectivity index (χ4n) is 2.97. The minimum Gasteiger partial charge on any atom is -0.352 e. The second-order valence-corrected chi connectivity index (χ2v) is 6.76. The minimum atomic E-state index is -0.0539. The van der Waals surface area contributed by atoms with Crippen molar-refractivity contribution in [3.8, 4) is 0 Å². The second-order valence-electron chi connectivity index (χ2n) is 6.76. The molecule has 1 amide bonds. The van der Waals surface area contributed by atoms with Crippen molar-refractivity contribution in [1.82, 2.24) is 19.7 Å². The lowest BCUT2D eigenvalue weighted by Crippen LogP contribution is -2.53. The van der Waals surface area contributed by atoms with Gasteiger partial charge in [-0.1, -0.05) is 0 Å². The number of carbonyl (C=O) groups is 1. The summed E-state index contributed by atoms with van der Waals surface area (Å²) >= 11 is 0. The Hall–Kier alpha value is -1.66. The first-order valence-corrected chi connectivity index (χ1v) is 8.45. The van der Waals surface area contributed by atoms with Crippen molar-refractivity contribution < 1.29 is 4.79 Å². The molecule has 2 heterocycles. The highest BCUT2D eigenvalue weighted by molar-refractivity contribution is 5.81. The Morgan fingerprint density at radius 1 is 1.30 bits per heavy atom. The van der Waals surface area contributed by atoms with Crippen molar-refractivity contribution in [2.45, 2.75) is 38.4 Å². The molecule has 0 bridgehead atoms. The highest BCUT2D eigenvalue weighted by atomic mass is 16.2. The molecule has 3 rings (SSSR count). The van der Waals surface area contributed by atoms with E-state index in [9.17, 15) is 9.59 Å². The summed E-state index contributed by atoms with van der Waals surface area (Å²) in [5.41, 5.74) is 1.09. The molecular weight excluding hydrogens is 292 g/mol. The van der Waals surface area contributed by atoms with E-state index in [1.807, 2.05) is 19.2 Å². The molecule has 1 aliphatic carbocycles. The van der Waals surface area contributed by atoms with Crippen molar-refractivity contribution in [3.63, 3.8) is 0 Å². The van der Waals surface area contributed by atoms with Crippen LogP contribution in [0.1, 0.15) is 25.3 Å². The summed E-state index contributed by atoms with van der Waals surface area (Å²) in [6, 6.07) is 4.08. The van der Waals surface area contributed by atoms with Crippen LogP contribution < -0.4 is 10.9 Å². The number of rotatable bonds is 5. The summed E-state index contributed by atoms with van der Waals surface area (Å²) in [6.07, 6.45) is 4.07. The number of pyridine rings is 1. The number of carbonyl (C=O) groups excluding carboxylic acids is 1. The molecule has 1 atom stereocenters. The first kappa shape index (κ1) is 16.2. The predicted octanol–water partition coefficient (Wildman–Crippen LogP) is 0.170. The summed E-state index contributed by atoms with van der Waals surface area (Å²) < 4.78 is 1.58. The third kappa shape index (κ3) is 4.20. The van der Waals surface area contributed by atoms with Gasteiger partial charge in [0.05, 0.1) is 6.04 Å². The van der Waals surface area contributed by atoms with Gasteiger partial charge in [0.2, 0.25) is 5.91 Å². The second kappa shape index (κ2) is 6.84. The maximum absolute atomic E-state index is 12.1. The van der Waals surface area contributed by atoms with Gasteiger partial charge in [-0.15, -0.1) is 0 Å². The predicted molar refractivity (Wildman–Crippen MR) is 89.2 cm³/mol. The van der Waals surface area contributed by atoms with Crippen molar-refractivity contribution in [2.24, 2.45) is 7.05 Å². The van der Waals surface area contributed by atoms with Crippen LogP contribution in [0.25, 0.3) is 0 Å². The fraction of sp³-hybridized carbons (Fsp3) is 0.647. The molecule has 1 aromatic heterocycles. The Kier molecular flexibility index (Phi) is 4.82. The van der Waals surface area contributed by atoms with Crippen LogP contribution in [0.3, 0.4) is 0 Å². The number of aromatic nitrogens is 1. The Balaban J connectivity index is 1.48. The molecule has 1 saturated heterocycles. The fourth-order valence-corrected chi connectivity index (χ4v) is 2.97. The van der Waals surface area contributed by atoms with Crippen LogP contribution in [0.15, 0.2) is 23.1 Å².